The zero-order valence-electron chi connectivity index (χ0n) is 22.5. The summed E-state index contributed by atoms with van der Waals surface area (Å²) in [5, 5.41) is 97.7. The van der Waals surface area contributed by atoms with Gasteiger partial charge in [-0.05, 0) is 23.8 Å². The fourth-order valence-corrected chi connectivity index (χ4v) is 4.25. The number of carbonyl (C=O) groups is 1. The van der Waals surface area contributed by atoms with E-state index in [-0.39, 0.29) is 31.3 Å². The number of hydrogen-bond donors (Lipinski definition) is 11. The summed E-state index contributed by atoms with van der Waals surface area (Å²) in [5.41, 5.74) is 1.43. The second-order valence-electron chi connectivity index (χ2n) is 9.61. The molecule has 1 aromatic heterocycles. The van der Waals surface area contributed by atoms with Gasteiger partial charge in [-0.1, -0.05) is 24.8 Å². The van der Waals surface area contributed by atoms with Crippen molar-refractivity contribution in [1.82, 2.24) is 4.90 Å². The number of ether oxygens (including phenoxy) is 1. The van der Waals surface area contributed by atoms with Gasteiger partial charge in [-0.3, -0.25) is 9.69 Å². The standard InChI is InChI=1S/C26H39NO13S.ClH/c28-12-19(32)23(36)21(34)17(30)10-27(11-18(31)22(35)24(37)20(33)13-29)5-7-39-16-3-1-2-14(9-16)8-15-4-6-40-25(15)26(38)41;/h1-4,6,9,17-24,28-37H,5,7-8,10-13H2,(H,38,41);1H/t17-,18-,19-,20-,21-,22-,23-,24-;/m1./s1. The summed E-state index contributed by atoms with van der Waals surface area (Å²) in [5.74, 6) is 0.568. The quantitative estimate of drug-likeness (QED) is 0.0681. The molecule has 8 atom stereocenters. The van der Waals surface area contributed by atoms with Crippen molar-refractivity contribution in [3.05, 3.63) is 53.5 Å². The zero-order valence-corrected chi connectivity index (χ0v) is 24.2. The minimum Gasteiger partial charge on any atom is -0.492 e. The van der Waals surface area contributed by atoms with Crippen molar-refractivity contribution in [2.75, 3.05) is 39.5 Å². The molecule has 0 radical (unpaired) electrons. The molecule has 14 nitrogen and oxygen atoms in total. The lowest BCUT2D eigenvalue weighted by molar-refractivity contribution is -0.130. The number of carbonyl (C=O) groups excluding carboxylic acids is 1. The van der Waals surface area contributed by atoms with Gasteiger partial charge in [-0.15, -0.1) is 12.4 Å². The predicted molar refractivity (Wildman–Crippen MR) is 153 cm³/mol. The number of rotatable bonds is 19. The molecule has 0 aliphatic rings. The molecule has 0 saturated carbocycles. The first kappa shape index (κ1) is 38.2. The van der Waals surface area contributed by atoms with Crippen LogP contribution < -0.4 is 4.74 Å². The van der Waals surface area contributed by atoms with Crippen molar-refractivity contribution in [3.8, 4) is 5.75 Å². The molecular formula is C26H40ClNO13S. The molecule has 16 heteroatoms. The highest BCUT2D eigenvalue weighted by Crippen LogP contribution is 2.21. The van der Waals surface area contributed by atoms with E-state index in [0.29, 0.717) is 17.7 Å². The van der Waals surface area contributed by atoms with Crippen LogP contribution in [-0.4, -0.2) is 149 Å². The minimum absolute atomic E-state index is 0. The van der Waals surface area contributed by atoms with Crippen molar-refractivity contribution < 1.29 is 65.0 Å². The van der Waals surface area contributed by atoms with Gasteiger partial charge in [0, 0.05) is 31.6 Å². The summed E-state index contributed by atoms with van der Waals surface area (Å²) >= 11 is 3.80. The van der Waals surface area contributed by atoms with Crippen LogP contribution in [0.1, 0.15) is 21.7 Å². The zero-order chi connectivity index (χ0) is 30.7. The fourth-order valence-electron chi connectivity index (χ4n) is 4.05. The predicted octanol–water partition coefficient (Wildman–Crippen LogP) is -3.09. The Hall–Kier alpha value is -1.83. The molecule has 1 heterocycles. The number of nitrogens with zero attached hydrogens (tertiary/aromatic N) is 1. The average molecular weight is 642 g/mol. The highest BCUT2D eigenvalue weighted by Gasteiger charge is 2.34. The molecule has 2 aromatic rings. The number of hydrogen-bond acceptors (Lipinski definition) is 14. The molecule has 1 aromatic carbocycles. The van der Waals surface area contributed by atoms with E-state index < -0.39 is 80.3 Å². The molecule has 2 rings (SSSR count). The molecule has 0 aliphatic carbocycles. The van der Waals surface area contributed by atoms with Gasteiger partial charge >= 0.3 is 0 Å². The highest BCUT2D eigenvalue weighted by atomic mass is 35.5. The Bertz CT molecular complexity index is 1030. The number of benzene rings is 1. The highest BCUT2D eigenvalue weighted by molar-refractivity contribution is 7.97. The van der Waals surface area contributed by atoms with Crippen molar-refractivity contribution in [3.63, 3.8) is 0 Å². The number of furan rings is 1. The van der Waals surface area contributed by atoms with Gasteiger partial charge in [0.15, 0.2) is 5.76 Å². The maximum absolute atomic E-state index is 11.6. The molecule has 0 spiro atoms. The van der Waals surface area contributed by atoms with E-state index in [1.54, 1.807) is 24.3 Å². The van der Waals surface area contributed by atoms with Gasteiger partial charge in [-0.2, -0.15) is 0 Å². The fraction of sp³-hybridized carbons (Fsp3) is 0.577. The molecule has 0 saturated heterocycles. The third kappa shape index (κ3) is 11.3. The van der Waals surface area contributed by atoms with Crippen molar-refractivity contribution in [2.24, 2.45) is 0 Å². The monoisotopic (exact) mass is 641 g/mol. The molecule has 0 bridgehead atoms. The van der Waals surface area contributed by atoms with Crippen LogP contribution in [0, 0.1) is 0 Å². The average Bonchev–Trinajstić information content (AvgIpc) is 3.43. The maximum atomic E-state index is 11.6. The summed E-state index contributed by atoms with van der Waals surface area (Å²) < 4.78 is 10.9. The van der Waals surface area contributed by atoms with Crippen LogP contribution >= 0.6 is 25.0 Å². The van der Waals surface area contributed by atoms with E-state index in [1.165, 1.54) is 11.2 Å². The Morgan fingerprint density at radius 1 is 0.833 bits per heavy atom. The lowest BCUT2D eigenvalue weighted by Gasteiger charge is -2.33. The first-order chi connectivity index (χ1) is 19.4. The van der Waals surface area contributed by atoms with E-state index in [2.05, 4.69) is 12.6 Å². The second-order valence-corrected chi connectivity index (χ2v) is 10.0. The number of halogens is 1. The molecule has 240 valence electrons. The van der Waals surface area contributed by atoms with Gasteiger partial charge < -0.3 is 60.2 Å². The van der Waals surface area contributed by atoms with Gasteiger partial charge in [0.25, 0.3) is 5.12 Å². The molecular weight excluding hydrogens is 602 g/mol. The van der Waals surface area contributed by atoms with Crippen molar-refractivity contribution in [1.29, 1.82) is 0 Å². The van der Waals surface area contributed by atoms with Crippen LogP contribution in [0.15, 0.2) is 41.0 Å². The summed E-state index contributed by atoms with van der Waals surface area (Å²) in [7, 11) is 0. The minimum atomic E-state index is -1.89. The topological polar surface area (TPSA) is 245 Å². The van der Waals surface area contributed by atoms with Crippen LogP contribution in [0.5, 0.6) is 5.75 Å². The van der Waals surface area contributed by atoms with Crippen LogP contribution in [0.3, 0.4) is 0 Å². The SMILES string of the molecule is Cl.O=C(S)c1occc1Cc1cccc(OCCN(C[C@@H](O)[C@@H](O)[C@H](O)[C@H](O)CO)C[C@@H](O)[C@@H](O)[C@H](O)[C@H](O)CO)c1. The summed E-state index contributed by atoms with van der Waals surface area (Å²) in [6.07, 6.45) is -12.6. The van der Waals surface area contributed by atoms with Gasteiger partial charge in [-0.25, -0.2) is 0 Å². The normalized spacial score (nSPS) is 17.4. The van der Waals surface area contributed by atoms with E-state index >= 15 is 0 Å². The smallest absolute Gasteiger partial charge is 0.251 e. The third-order valence-electron chi connectivity index (χ3n) is 6.45. The molecule has 0 aliphatic heterocycles. The van der Waals surface area contributed by atoms with Gasteiger partial charge in [0.2, 0.25) is 0 Å². The first-order valence-corrected chi connectivity index (χ1v) is 13.2. The summed E-state index contributed by atoms with van der Waals surface area (Å²) in [4.78, 5) is 12.9. The largest absolute Gasteiger partial charge is 0.492 e. The van der Waals surface area contributed by atoms with E-state index in [4.69, 9.17) is 19.4 Å². The van der Waals surface area contributed by atoms with Crippen LogP contribution in [0.2, 0.25) is 0 Å². The first-order valence-electron chi connectivity index (χ1n) is 12.8. The van der Waals surface area contributed by atoms with Crippen LogP contribution in [0.25, 0.3) is 0 Å². The Balaban J connectivity index is 0.00000882. The number of thiol groups is 1. The van der Waals surface area contributed by atoms with Crippen LogP contribution in [-0.2, 0) is 6.42 Å². The van der Waals surface area contributed by atoms with Crippen molar-refractivity contribution in [2.45, 2.75) is 55.3 Å². The van der Waals surface area contributed by atoms with Crippen LogP contribution in [0.4, 0.5) is 0 Å². The number of aliphatic hydroxyl groups excluding tert-OH is 10. The Kier molecular flexibility index (Phi) is 17.1. The van der Waals surface area contributed by atoms with Crippen molar-refractivity contribution >= 4 is 30.2 Å². The molecule has 0 fully saturated rings. The second kappa shape index (κ2) is 18.7. The Morgan fingerprint density at radius 3 is 1.86 bits per heavy atom. The van der Waals surface area contributed by atoms with E-state index in [1.807, 2.05) is 6.07 Å². The molecule has 0 unspecified atom stereocenters. The summed E-state index contributed by atoms with van der Waals surface area (Å²) in [6.45, 7) is -2.62. The molecule has 10 N–H and O–H groups in total. The third-order valence-corrected chi connectivity index (χ3v) is 6.65. The maximum Gasteiger partial charge on any atom is 0.251 e. The molecule has 0 amide bonds. The Labute approximate surface area is 253 Å². The van der Waals surface area contributed by atoms with E-state index in [9.17, 15) is 45.6 Å². The lowest BCUT2D eigenvalue weighted by Crippen LogP contribution is -2.53. The van der Waals surface area contributed by atoms with Gasteiger partial charge in [0.05, 0.1) is 31.7 Å². The van der Waals surface area contributed by atoms with E-state index in [0.717, 1.165) is 5.56 Å². The Morgan fingerprint density at radius 2 is 1.36 bits per heavy atom. The summed E-state index contributed by atoms with van der Waals surface area (Å²) in [6, 6.07) is 8.59. The number of aliphatic hydroxyl groups is 10. The molecule has 42 heavy (non-hydrogen) atoms. The lowest BCUT2D eigenvalue weighted by atomic mass is 10.0. The van der Waals surface area contributed by atoms with Gasteiger partial charge in [0.1, 0.15) is 49.0 Å².